The van der Waals surface area contributed by atoms with Crippen LogP contribution in [0.1, 0.15) is 220 Å². The number of nitrogens with one attached hydrogen (secondary N) is 10. The molecule has 1 fully saturated rings. The monoisotopic (exact) mass is 1230 g/mol. The summed E-state index contributed by atoms with van der Waals surface area (Å²) in [6, 6.07) is -5.68. The minimum atomic E-state index is -1.71. The third-order valence-electron chi connectivity index (χ3n) is 15.4. The van der Waals surface area contributed by atoms with Crippen molar-refractivity contribution < 1.29 is 63.0 Å². The highest BCUT2D eigenvalue weighted by molar-refractivity contribution is 6.00. The maximum atomic E-state index is 14.6. The van der Waals surface area contributed by atoms with E-state index >= 15 is 0 Å². The Labute approximate surface area is 519 Å². The van der Waals surface area contributed by atoms with E-state index in [1.165, 1.54) is 46.4 Å². The van der Waals surface area contributed by atoms with Crippen LogP contribution >= 0.6 is 0 Å². The molecular weight excluding hydrogens is 1120 g/mol. The van der Waals surface area contributed by atoms with Gasteiger partial charge in [0.1, 0.15) is 52.6 Å². The number of carbonyl (C=O) groups is 11. The standard InChI is InChI=1S/C63H115N11O13/c1-17-20-21-22-25-41(8)35-48(54(81)67-47(33-40(6)7)55(82)71-61(11,12)58(85)69-46(32-39(4)5)53(80)65-28-27-51(78)66-43(10)38-64-29-31-75)70-59(86)62(13,14)73-60(87)63(15,16)72-56(83)49(36-42(9)34-45(77)37-44(76)19-3)68-57(84)50-26-23-30-74(50)52(79)24-18-2/h39-43,45-50,64,75,77H,17-38H2,1-16H3,(H,65,80)(H,66,78)(H,67,81)(H,68,84)(H,69,85)(H,70,86)(H,71,82)(H,72,83)(H,73,87)/t41-,42+,43+,45-,46-,47-,48+,49-,50-/m0/s1. The number of unbranched alkanes of at least 4 members (excludes halogenated alkanes) is 3. The van der Waals surface area contributed by atoms with Gasteiger partial charge >= 0.3 is 0 Å². The fourth-order valence-corrected chi connectivity index (χ4v) is 10.3. The molecule has 0 radical (unpaired) electrons. The van der Waals surface area contributed by atoms with E-state index in [-0.39, 0.29) is 112 Å². The SMILES string of the molecule is CCCCCC[C@H](C)C[C@@H](NC(=O)C(C)(C)NC(=O)C(C)(C)NC(=O)[C@H](C[C@H](C)C[C@H](O)CC(=O)CC)NC(=O)[C@@H]1CCCN1C(=O)CCC)C(=O)N[C@@H](CC(C)C)C(=O)NC(C)(C)C(=O)N[C@@H](CC(C)C)C(=O)NCCC(=O)N[C@H](C)CNCCO. The zero-order chi connectivity index (χ0) is 66.4. The van der Waals surface area contributed by atoms with Crippen molar-refractivity contribution in [2.24, 2.45) is 23.7 Å². The first kappa shape index (κ1) is 79.3. The molecule has 0 bridgehead atoms. The Morgan fingerprint density at radius 3 is 1.62 bits per heavy atom. The first-order chi connectivity index (χ1) is 40.5. The molecule has 0 aromatic heterocycles. The third-order valence-corrected chi connectivity index (χ3v) is 15.4. The molecule has 1 saturated heterocycles. The number of rotatable bonds is 43. The Bertz CT molecular complexity index is 2240. The number of Topliss-reactive ketones (excluding diaryl/α,β-unsaturated/α-hetero) is 1. The summed E-state index contributed by atoms with van der Waals surface area (Å²) in [4.78, 5) is 152. The molecular formula is C63H115N11O13. The van der Waals surface area contributed by atoms with Gasteiger partial charge in [0, 0.05) is 57.9 Å². The topological polar surface area (TPSA) is 352 Å². The van der Waals surface area contributed by atoms with Crippen LogP contribution in [0.5, 0.6) is 0 Å². The second kappa shape index (κ2) is 39.3. The van der Waals surface area contributed by atoms with Gasteiger partial charge in [-0.25, -0.2) is 0 Å². The maximum Gasteiger partial charge on any atom is 0.246 e. The van der Waals surface area contributed by atoms with Crippen LogP contribution in [-0.4, -0.2) is 172 Å². The molecule has 10 amide bonds. The summed E-state index contributed by atoms with van der Waals surface area (Å²) in [7, 11) is 0. The lowest BCUT2D eigenvalue weighted by Gasteiger charge is -2.35. The lowest BCUT2D eigenvalue weighted by Crippen LogP contribution is -2.66. The van der Waals surface area contributed by atoms with Gasteiger partial charge in [0.25, 0.3) is 0 Å². The van der Waals surface area contributed by atoms with Crippen molar-refractivity contribution in [1.29, 1.82) is 0 Å². The fraction of sp³-hybridized carbons (Fsp3) is 0.825. The van der Waals surface area contributed by atoms with Gasteiger partial charge in [-0.3, -0.25) is 52.7 Å². The van der Waals surface area contributed by atoms with Crippen LogP contribution in [0.2, 0.25) is 0 Å². The number of nitrogens with zero attached hydrogens (tertiary/aromatic N) is 1. The zero-order valence-electron chi connectivity index (χ0n) is 55.7. The lowest BCUT2D eigenvalue weighted by atomic mass is 9.92. The molecule has 12 N–H and O–H groups in total. The van der Waals surface area contributed by atoms with Crippen LogP contribution in [0.15, 0.2) is 0 Å². The van der Waals surface area contributed by atoms with Gasteiger partial charge in [-0.2, -0.15) is 0 Å². The normalized spacial score (nSPS) is 16.5. The maximum absolute atomic E-state index is 14.6. The van der Waals surface area contributed by atoms with E-state index in [1.54, 1.807) is 20.8 Å². The van der Waals surface area contributed by atoms with E-state index in [4.69, 9.17) is 5.11 Å². The van der Waals surface area contributed by atoms with Gasteiger partial charge in [-0.05, 0) is 124 Å². The highest BCUT2D eigenvalue weighted by Gasteiger charge is 2.42. The van der Waals surface area contributed by atoms with Gasteiger partial charge in [-0.15, -0.1) is 0 Å². The first-order valence-electron chi connectivity index (χ1n) is 32.1. The third kappa shape index (κ3) is 30.3. The molecule has 24 heteroatoms. The molecule has 0 aliphatic carbocycles. The lowest BCUT2D eigenvalue weighted by molar-refractivity contribution is -0.141. The molecule has 1 aliphatic rings. The molecule has 0 spiro atoms. The second-order valence-corrected chi connectivity index (χ2v) is 26.7. The smallest absolute Gasteiger partial charge is 0.246 e. The molecule has 9 atom stereocenters. The van der Waals surface area contributed by atoms with E-state index in [1.807, 2.05) is 41.5 Å². The van der Waals surface area contributed by atoms with Gasteiger partial charge in [0.15, 0.2) is 0 Å². The summed E-state index contributed by atoms with van der Waals surface area (Å²) in [6.45, 7) is 28.5. The molecule has 500 valence electrons. The van der Waals surface area contributed by atoms with E-state index in [0.29, 0.717) is 38.9 Å². The average Bonchev–Trinajstić information content (AvgIpc) is 3.31. The number of aliphatic hydroxyl groups excluding tert-OH is 2. The Hall–Kier alpha value is -5.75. The minimum absolute atomic E-state index is 0.000749. The zero-order valence-corrected chi connectivity index (χ0v) is 55.7. The van der Waals surface area contributed by atoms with Gasteiger partial charge in [-0.1, -0.05) is 94.4 Å². The van der Waals surface area contributed by atoms with Gasteiger partial charge in [0.05, 0.1) is 12.7 Å². The van der Waals surface area contributed by atoms with E-state index in [2.05, 4.69) is 60.1 Å². The van der Waals surface area contributed by atoms with Crippen LogP contribution in [-0.2, 0) is 52.7 Å². The van der Waals surface area contributed by atoms with Gasteiger partial charge in [0.2, 0.25) is 59.1 Å². The highest BCUT2D eigenvalue weighted by Crippen LogP contribution is 2.23. The predicted molar refractivity (Wildman–Crippen MR) is 335 cm³/mol. The van der Waals surface area contributed by atoms with E-state index < -0.39 is 106 Å². The molecule has 1 heterocycles. The van der Waals surface area contributed by atoms with Crippen molar-refractivity contribution in [3.8, 4) is 0 Å². The van der Waals surface area contributed by atoms with E-state index in [9.17, 15) is 57.8 Å². The summed E-state index contributed by atoms with van der Waals surface area (Å²) in [5.41, 5.74) is -5.03. The summed E-state index contributed by atoms with van der Waals surface area (Å²) in [5, 5.41) is 47.8. The molecule has 0 aromatic rings. The Morgan fingerprint density at radius 1 is 0.552 bits per heavy atom. The number of amides is 10. The van der Waals surface area contributed by atoms with Crippen molar-refractivity contribution in [2.75, 3.05) is 32.8 Å². The molecule has 0 saturated carbocycles. The minimum Gasteiger partial charge on any atom is -0.395 e. The second-order valence-electron chi connectivity index (χ2n) is 26.7. The Morgan fingerprint density at radius 2 is 1.08 bits per heavy atom. The van der Waals surface area contributed by atoms with Crippen LogP contribution in [0.3, 0.4) is 0 Å². The number of carbonyl (C=O) groups excluding carboxylic acids is 11. The molecule has 24 nitrogen and oxygen atoms in total. The Kier molecular flexibility index (Phi) is 35.8. The molecule has 1 rings (SSSR count). The summed E-state index contributed by atoms with van der Waals surface area (Å²) in [5.74, 6) is -6.63. The molecule has 0 unspecified atom stereocenters. The van der Waals surface area contributed by atoms with Crippen molar-refractivity contribution in [2.45, 2.75) is 279 Å². The van der Waals surface area contributed by atoms with Gasteiger partial charge < -0.3 is 68.3 Å². The number of hydrogen-bond donors (Lipinski definition) is 12. The summed E-state index contributed by atoms with van der Waals surface area (Å²) < 4.78 is 0. The van der Waals surface area contributed by atoms with Crippen molar-refractivity contribution in [3.63, 3.8) is 0 Å². The molecule has 0 aromatic carbocycles. The number of ketones is 1. The summed E-state index contributed by atoms with van der Waals surface area (Å²) >= 11 is 0. The molecule has 1 aliphatic heterocycles. The number of hydrogen-bond acceptors (Lipinski definition) is 14. The van der Waals surface area contributed by atoms with Crippen LogP contribution < -0.4 is 53.2 Å². The first-order valence-corrected chi connectivity index (χ1v) is 32.1. The van der Waals surface area contributed by atoms with E-state index in [0.717, 1.165) is 32.1 Å². The van der Waals surface area contributed by atoms with Crippen molar-refractivity contribution >= 4 is 64.9 Å². The predicted octanol–water partition coefficient (Wildman–Crippen LogP) is 3.23. The van der Waals surface area contributed by atoms with Crippen molar-refractivity contribution in [3.05, 3.63) is 0 Å². The quantitative estimate of drug-likeness (QED) is 0.0390. The highest BCUT2D eigenvalue weighted by atomic mass is 16.3. The number of aliphatic hydroxyl groups is 2. The number of likely N-dealkylation sites (tertiary alicyclic amines) is 1. The fourth-order valence-electron chi connectivity index (χ4n) is 10.3. The largest absolute Gasteiger partial charge is 0.395 e. The molecule has 87 heavy (non-hydrogen) atoms. The summed E-state index contributed by atoms with van der Waals surface area (Å²) in [6.07, 6.45) is 6.33. The Balaban J connectivity index is 3.42. The average molecular weight is 1230 g/mol. The van der Waals surface area contributed by atoms with Crippen LogP contribution in [0, 0.1) is 23.7 Å². The van der Waals surface area contributed by atoms with Crippen molar-refractivity contribution in [1.82, 2.24) is 58.1 Å². The van der Waals surface area contributed by atoms with Crippen LogP contribution in [0.25, 0.3) is 0 Å². The van der Waals surface area contributed by atoms with Crippen LogP contribution in [0.4, 0.5) is 0 Å².